The molecule has 1 unspecified atom stereocenters. The van der Waals surface area contributed by atoms with Crippen molar-refractivity contribution in [2.75, 3.05) is 5.01 Å². The van der Waals surface area contributed by atoms with E-state index < -0.39 is 0 Å². The van der Waals surface area contributed by atoms with Gasteiger partial charge in [-0.2, -0.15) is 10.1 Å². The zero-order valence-corrected chi connectivity index (χ0v) is 9.23. The van der Waals surface area contributed by atoms with E-state index in [1.165, 1.54) is 5.01 Å². The lowest BCUT2D eigenvalue weighted by Gasteiger charge is -2.14. The monoisotopic (exact) mass is 252 g/mol. The molecule has 2 rings (SSSR count). The molecule has 72 valence electrons. The molecule has 0 aromatic heterocycles. The molecular formula is C10H9BrN2O. The van der Waals surface area contributed by atoms with Crippen LogP contribution in [0.5, 0.6) is 0 Å². The van der Waals surface area contributed by atoms with Crippen LogP contribution in [-0.4, -0.2) is 12.1 Å². The number of carbonyl (C=O) groups excluding carboxylic acids is 1. The number of hydrazone groups is 1. The van der Waals surface area contributed by atoms with Crippen LogP contribution in [0.25, 0.3) is 0 Å². The smallest absolute Gasteiger partial charge is 0.255 e. The highest BCUT2D eigenvalue weighted by Crippen LogP contribution is 2.28. The molecule has 0 saturated carbocycles. The molecule has 3 nitrogen and oxygen atoms in total. The lowest BCUT2D eigenvalue weighted by molar-refractivity contribution is -0.119. The summed E-state index contributed by atoms with van der Waals surface area (Å²) in [5.41, 5.74) is 0.790. The van der Waals surface area contributed by atoms with Gasteiger partial charge in [-0.3, -0.25) is 4.79 Å². The molecular weight excluding hydrogens is 244 g/mol. The number of rotatable bonds is 1. The third kappa shape index (κ3) is 1.46. The molecule has 1 aliphatic heterocycles. The van der Waals surface area contributed by atoms with Crippen molar-refractivity contribution >= 4 is 33.7 Å². The number of nitrogens with zero attached hydrogens (tertiary/aromatic N) is 2. The first-order valence-electron chi connectivity index (χ1n) is 4.33. The Labute approximate surface area is 90.5 Å². The van der Waals surface area contributed by atoms with Crippen LogP contribution >= 0.6 is 15.9 Å². The van der Waals surface area contributed by atoms with Crippen molar-refractivity contribution in [1.29, 1.82) is 0 Å². The van der Waals surface area contributed by atoms with Crippen LogP contribution in [0.4, 0.5) is 5.69 Å². The topological polar surface area (TPSA) is 32.7 Å². The van der Waals surface area contributed by atoms with Gasteiger partial charge in [0.2, 0.25) is 0 Å². The maximum absolute atomic E-state index is 11.6. The summed E-state index contributed by atoms with van der Waals surface area (Å²) < 4.78 is 0.875. The summed E-state index contributed by atoms with van der Waals surface area (Å²) in [6.07, 6.45) is 1.65. The molecule has 14 heavy (non-hydrogen) atoms. The number of para-hydroxylation sites is 1. The number of halogens is 1. The van der Waals surface area contributed by atoms with Crippen LogP contribution in [0.3, 0.4) is 0 Å². The maximum atomic E-state index is 11.6. The van der Waals surface area contributed by atoms with Crippen LogP contribution in [0.2, 0.25) is 0 Å². The fraction of sp³-hybridized carbons (Fsp3) is 0.200. The fourth-order valence-corrected chi connectivity index (χ4v) is 1.74. The van der Waals surface area contributed by atoms with Crippen molar-refractivity contribution in [1.82, 2.24) is 0 Å². The lowest BCUT2D eigenvalue weighted by Crippen LogP contribution is -2.24. The Morgan fingerprint density at radius 1 is 1.43 bits per heavy atom. The minimum absolute atomic E-state index is 0.0110. The lowest BCUT2D eigenvalue weighted by atomic mass is 10.2. The minimum atomic E-state index is -0.123. The number of carbonyl (C=O) groups is 1. The highest BCUT2D eigenvalue weighted by molar-refractivity contribution is 9.10. The number of anilines is 1. The predicted octanol–water partition coefficient (Wildman–Crippen LogP) is 2.42. The Morgan fingerprint density at radius 2 is 2.14 bits per heavy atom. The average Bonchev–Trinajstić information content (AvgIpc) is 2.49. The van der Waals surface area contributed by atoms with Gasteiger partial charge in [0.05, 0.1) is 11.6 Å². The Morgan fingerprint density at radius 3 is 2.71 bits per heavy atom. The van der Waals surface area contributed by atoms with E-state index >= 15 is 0 Å². The molecule has 0 N–H and O–H groups in total. The van der Waals surface area contributed by atoms with E-state index in [9.17, 15) is 4.79 Å². The first kappa shape index (κ1) is 9.40. The summed E-state index contributed by atoms with van der Waals surface area (Å²) in [6, 6.07) is 7.53. The van der Waals surface area contributed by atoms with E-state index in [-0.39, 0.29) is 11.8 Å². The van der Waals surface area contributed by atoms with Gasteiger partial charge in [0.25, 0.3) is 5.91 Å². The molecule has 1 heterocycles. The van der Waals surface area contributed by atoms with Crippen molar-refractivity contribution in [2.45, 2.75) is 6.92 Å². The molecule has 1 aromatic rings. The highest BCUT2D eigenvalue weighted by Gasteiger charge is 2.26. The molecule has 4 heteroatoms. The minimum Gasteiger partial charge on any atom is -0.272 e. The Kier molecular flexibility index (Phi) is 2.37. The van der Waals surface area contributed by atoms with E-state index in [0.717, 1.165) is 10.2 Å². The van der Waals surface area contributed by atoms with E-state index in [4.69, 9.17) is 0 Å². The third-order valence-electron chi connectivity index (χ3n) is 2.08. The predicted molar refractivity (Wildman–Crippen MR) is 59.3 cm³/mol. The molecule has 1 aliphatic rings. The van der Waals surface area contributed by atoms with Gasteiger partial charge in [-0.1, -0.05) is 12.1 Å². The highest BCUT2D eigenvalue weighted by atomic mass is 79.9. The Hall–Kier alpha value is -1.16. The summed E-state index contributed by atoms with van der Waals surface area (Å²) in [7, 11) is 0. The summed E-state index contributed by atoms with van der Waals surface area (Å²) in [6.45, 7) is 1.84. The first-order chi connectivity index (χ1) is 6.70. The van der Waals surface area contributed by atoms with Gasteiger partial charge in [-0.15, -0.1) is 0 Å². The zero-order chi connectivity index (χ0) is 10.1. The number of amides is 1. The molecule has 0 spiro atoms. The molecule has 0 bridgehead atoms. The second-order valence-corrected chi connectivity index (χ2v) is 4.01. The van der Waals surface area contributed by atoms with Crippen molar-refractivity contribution in [2.24, 2.45) is 11.0 Å². The van der Waals surface area contributed by atoms with Gasteiger partial charge in [0.1, 0.15) is 0 Å². The number of benzene rings is 1. The van der Waals surface area contributed by atoms with Crippen molar-refractivity contribution < 1.29 is 4.79 Å². The molecule has 1 amide bonds. The van der Waals surface area contributed by atoms with Crippen LogP contribution < -0.4 is 5.01 Å². The largest absolute Gasteiger partial charge is 0.272 e. The molecule has 0 aliphatic carbocycles. The maximum Gasteiger partial charge on any atom is 0.255 e. The van der Waals surface area contributed by atoms with Crippen LogP contribution in [0.1, 0.15) is 6.92 Å². The van der Waals surface area contributed by atoms with E-state index in [1.54, 1.807) is 6.21 Å². The quantitative estimate of drug-likeness (QED) is 0.756. The summed E-state index contributed by atoms with van der Waals surface area (Å²) in [5, 5.41) is 5.48. The van der Waals surface area contributed by atoms with Crippen LogP contribution in [0.15, 0.2) is 33.8 Å². The van der Waals surface area contributed by atoms with Crippen molar-refractivity contribution in [3.05, 3.63) is 28.7 Å². The van der Waals surface area contributed by atoms with Gasteiger partial charge >= 0.3 is 0 Å². The van der Waals surface area contributed by atoms with Gasteiger partial charge in [0.15, 0.2) is 0 Å². The van der Waals surface area contributed by atoms with Crippen LogP contribution in [-0.2, 0) is 4.79 Å². The second-order valence-electron chi connectivity index (χ2n) is 3.15. The normalized spacial score (nSPS) is 20.6. The molecule has 0 radical (unpaired) electrons. The molecule has 0 fully saturated rings. The van der Waals surface area contributed by atoms with Crippen LogP contribution in [0, 0.1) is 5.92 Å². The fourth-order valence-electron chi connectivity index (χ4n) is 1.28. The molecule has 0 saturated heterocycles. The van der Waals surface area contributed by atoms with Gasteiger partial charge in [-0.05, 0) is 35.0 Å². The van der Waals surface area contributed by atoms with Gasteiger partial charge < -0.3 is 0 Å². The Bertz CT molecular complexity index is 403. The van der Waals surface area contributed by atoms with E-state index in [1.807, 2.05) is 31.2 Å². The van der Waals surface area contributed by atoms with Crippen molar-refractivity contribution in [3.63, 3.8) is 0 Å². The van der Waals surface area contributed by atoms with Crippen molar-refractivity contribution in [3.8, 4) is 0 Å². The van der Waals surface area contributed by atoms with Gasteiger partial charge in [-0.25, -0.2) is 0 Å². The first-order valence-corrected chi connectivity index (χ1v) is 5.12. The summed E-state index contributed by atoms with van der Waals surface area (Å²) >= 11 is 3.39. The molecule has 1 atom stereocenters. The molecule has 1 aromatic carbocycles. The number of hydrogen-bond acceptors (Lipinski definition) is 2. The SMILES string of the molecule is CC1C=NN(c2ccccc2Br)C1=O. The Balaban J connectivity index is 2.38. The van der Waals surface area contributed by atoms with E-state index in [0.29, 0.717) is 0 Å². The number of hydrogen-bond donors (Lipinski definition) is 0. The van der Waals surface area contributed by atoms with Gasteiger partial charge in [0, 0.05) is 10.7 Å². The third-order valence-corrected chi connectivity index (χ3v) is 2.76. The standard InChI is InChI=1S/C10H9BrN2O/c1-7-6-12-13(10(7)14)9-5-3-2-4-8(9)11/h2-7H,1H3. The second kappa shape index (κ2) is 3.53. The summed E-state index contributed by atoms with van der Waals surface area (Å²) in [4.78, 5) is 11.6. The average molecular weight is 253 g/mol. The zero-order valence-electron chi connectivity index (χ0n) is 7.64. The van der Waals surface area contributed by atoms with E-state index in [2.05, 4.69) is 21.0 Å². The summed E-state index contributed by atoms with van der Waals surface area (Å²) in [5.74, 6) is -0.112.